The van der Waals surface area contributed by atoms with Gasteiger partial charge in [0.05, 0.1) is 23.5 Å². The Bertz CT molecular complexity index is 1210. The van der Waals surface area contributed by atoms with Crippen LogP contribution in [-0.2, 0) is 4.74 Å². The predicted molar refractivity (Wildman–Crippen MR) is 145 cm³/mol. The van der Waals surface area contributed by atoms with Gasteiger partial charge in [0.2, 0.25) is 5.88 Å². The van der Waals surface area contributed by atoms with Crippen molar-refractivity contribution in [3.63, 3.8) is 0 Å². The number of nitrogens with one attached hydrogen (secondary N) is 1. The molecule has 1 fully saturated rings. The number of primary amides is 1. The van der Waals surface area contributed by atoms with Gasteiger partial charge in [0.25, 0.3) is 0 Å². The summed E-state index contributed by atoms with van der Waals surface area (Å²) in [6, 6.07) is 12.4. The van der Waals surface area contributed by atoms with Crippen LogP contribution in [0.5, 0.6) is 5.88 Å². The molecule has 1 saturated heterocycles. The molecule has 11 heteroatoms. The van der Waals surface area contributed by atoms with E-state index in [0.29, 0.717) is 23.9 Å². The van der Waals surface area contributed by atoms with E-state index in [0.717, 1.165) is 43.4 Å². The summed E-state index contributed by atoms with van der Waals surface area (Å²) in [5, 5.41) is 16.7. The maximum Gasteiger partial charge on any atom is 0.317 e. The molecule has 2 amide bonds. The minimum Gasteiger partial charge on any atom is -0.473 e. The topological polar surface area (TPSA) is 115 Å². The Kier molecular flexibility index (Phi) is 10.4. The second-order valence-electron chi connectivity index (χ2n) is 10.1. The number of hydrogen-bond donors (Lipinski definition) is 3. The average molecular weight is 546 g/mol. The molecule has 0 saturated carbocycles. The Balaban J connectivity index is 0.000000223. The van der Waals surface area contributed by atoms with Crippen molar-refractivity contribution < 1.29 is 28.2 Å². The molecule has 0 bridgehead atoms. The lowest BCUT2D eigenvalue weighted by molar-refractivity contribution is 0.0265. The number of amides is 2. The maximum atomic E-state index is 13.1. The zero-order valence-corrected chi connectivity index (χ0v) is 22.8. The molecule has 3 aromatic rings. The van der Waals surface area contributed by atoms with Gasteiger partial charge in [-0.25, -0.2) is 18.3 Å². The molecule has 4 N–H and O–H groups in total. The van der Waals surface area contributed by atoms with Crippen LogP contribution < -0.4 is 15.8 Å². The van der Waals surface area contributed by atoms with Gasteiger partial charge < -0.3 is 25.2 Å². The molecule has 2 aromatic carbocycles. The standard InChI is InChI=1S/C15H20N4O3.C13H17F2NO/c1-10-12(17-14(16)20)19(11-7-5-4-6-8-11)18-13(10)22-9-15(2,3)21;1-17-5-4-16-3-2-10(9-16)11-6-12(14)8-13(15)7-11/h4-8,21H,9H2,1-3H3,(H3,16,17,20);6-8,10H,2-5,9H2,1H3. The number of rotatable bonds is 9. The van der Waals surface area contributed by atoms with Crippen LogP contribution in [0.15, 0.2) is 48.5 Å². The van der Waals surface area contributed by atoms with Crippen LogP contribution in [0.1, 0.15) is 37.3 Å². The number of benzene rings is 2. The molecule has 9 nitrogen and oxygen atoms in total. The Morgan fingerprint density at radius 3 is 2.46 bits per heavy atom. The number of para-hydroxylation sites is 1. The maximum absolute atomic E-state index is 13.1. The summed E-state index contributed by atoms with van der Waals surface area (Å²) in [4.78, 5) is 13.5. The molecular formula is C28H37F2N5O4. The monoisotopic (exact) mass is 545 g/mol. The quantitative estimate of drug-likeness (QED) is 0.371. The van der Waals surface area contributed by atoms with Crippen LogP contribution in [0.4, 0.5) is 19.4 Å². The molecule has 4 rings (SSSR count). The molecule has 2 heterocycles. The highest BCUT2D eigenvalue weighted by Gasteiger charge is 2.24. The van der Waals surface area contributed by atoms with Gasteiger partial charge in [-0.15, -0.1) is 5.10 Å². The molecule has 1 unspecified atom stereocenters. The summed E-state index contributed by atoms with van der Waals surface area (Å²) in [5.74, 6) is 0.0157. The third-order valence-corrected chi connectivity index (χ3v) is 6.12. The fourth-order valence-electron chi connectivity index (χ4n) is 4.22. The minimum atomic E-state index is -0.986. The number of aliphatic hydroxyl groups is 1. The van der Waals surface area contributed by atoms with E-state index in [1.807, 2.05) is 30.3 Å². The Hall–Kier alpha value is -3.54. The summed E-state index contributed by atoms with van der Waals surface area (Å²) in [5.41, 5.74) is 6.39. The van der Waals surface area contributed by atoms with E-state index in [1.54, 1.807) is 32.6 Å². The number of carbonyl (C=O) groups excluding carboxylic acids is 1. The van der Waals surface area contributed by atoms with E-state index in [1.165, 1.54) is 12.1 Å². The summed E-state index contributed by atoms with van der Waals surface area (Å²) in [6.45, 7) is 8.51. The van der Waals surface area contributed by atoms with E-state index >= 15 is 0 Å². The van der Waals surface area contributed by atoms with Crippen molar-refractivity contribution in [2.45, 2.75) is 38.7 Å². The largest absolute Gasteiger partial charge is 0.473 e. The van der Waals surface area contributed by atoms with Crippen LogP contribution in [0.2, 0.25) is 0 Å². The number of nitrogens with two attached hydrogens (primary N) is 1. The lowest BCUT2D eigenvalue weighted by Gasteiger charge is -2.16. The number of hydrogen-bond acceptors (Lipinski definition) is 6. The van der Waals surface area contributed by atoms with Gasteiger partial charge in [0.15, 0.2) is 0 Å². The zero-order valence-electron chi connectivity index (χ0n) is 22.8. The van der Waals surface area contributed by atoms with E-state index in [2.05, 4.69) is 15.3 Å². The predicted octanol–water partition coefficient (Wildman–Crippen LogP) is 4.22. The van der Waals surface area contributed by atoms with Gasteiger partial charge in [-0.3, -0.25) is 5.32 Å². The highest BCUT2D eigenvalue weighted by atomic mass is 19.1. The first-order chi connectivity index (χ1) is 18.5. The number of likely N-dealkylation sites (tertiary alicyclic amines) is 1. The lowest BCUT2D eigenvalue weighted by Crippen LogP contribution is -2.28. The fraction of sp³-hybridized carbons (Fsp3) is 0.429. The van der Waals surface area contributed by atoms with Crippen LogP contribution in [0, 0.1) is 18.6 Å². The molecule has 0 radical (unpaired) electrons. The minimum absolute atomic E-state index is 0.0790. The van der Waals surface area contributed by atoms with E-state index < -0.39 is 23.3 Å². The molecule has 1 aliphatic heterocycles. The number of aromatic nitrogens is 2. The van der Waals surface area contributed by atoms with Gasteiger partial charge in [-0.2, -0.15) is 0 Å². The van der Waals surface area contributed by atoms with Gasteiger partial charge in [-0.05, 0) is 69.5 Å². The van der Waals surface area contributed by atoms with Crippen LogP contribution in [0.25, 0.3) is 5.69 Å². The molecule has 0 aliphatic carbocycles. The van der Waals surface area contributed by atoms with Crippen molar-refractivity contribution in [3.8, 4) is 11.6 Å². The third-order valence-electron chi connectivity index (χ3n) is 6.12. The van der Waals surface area contributed by atoms with Gasteiger partial charge in [-0.1, -0.05) is 18.2 Å². The van der Waals surface area contributed by atoms with Crippen molar-refractivity contribution in [1.82, 2.24) is 14.7 Å². The second-order valence-corrected chi connectivity index (χ2v) is 10.1. The smallest absolute Gasteiger partial charge is 0.317 e. The highest BCUT2D eigenvalue weighted by Crippen LogP contribution is 2.29. The second kappa shape index (κ2) is 13.5. The number of methoxy groups -OCH3 is 1. The van der Waals surface area contributed by atoms with Gasteiger partial charge >= 0.3 is 6.03 Å². The van der Waals surface area contributed by atoms with Crippen molar-refractivity contribution in [2.24, 2.45) is 5.73 Å². The van der Waals surface area contributed by atoms with Crippen molar-refractivity contribution in [2.75, 3.05) is 45.3 Å². The number of carbonyl (C=O) groups is 1. The number of halogens is 2. The summed E-state index contributed by atoms with van der Waals surface area (Å²) in [6.07, 6.45) is 0.951. The summed E-state index contributed by atoms with van der Waals surface area (Å²) >= 11 is 0. The normalized spacial score (nSPS) is 15.5. The Labute approximate surface area is 227 Å². The number of ether oxygens (including phenoxy) is 2. The summed E-state index contributed by atoms with van der Waals surface area (Å²) in [7, 11) is 1.68. The number of anilines is 1. The van der Waals surface area contributed by atoms with Crippen LogP contribution >= 0.6 is 0 Å². The average Bonchev–Trinajstić information content (AvgIpc) is 3.46. The lowest BCUT2D eigenvalue weighted by atomic mass is 9.98. The van der Waals surface area contributed by atoms with E-state index in [-0.39, 0.29) is 12.5 Å². The highest BCUT2D eigenvalue weighted by molar-refractivity contribution is 5.88. The molecular weight excluding hydrogens is 508 g/mol. The van der Waals surface area contributed by atoms with E-state index in [9.17, 15) is 18.7 Å². The fourth-order valence-corrected chi connectivity index (χ4v) is 4.22. The first-order valence-corrected chi connectivity index (χ1v) is 12.7. The SMILES string of the molecule is COCCN1CCC(c2cc(F)cc(F)c2)C1.Cc1c(OCC(C)(C)O)nn(-c2ccccc2)c1NC(N)=O. The Morgan fingerprint density at radius 2 is 1.87 bits per heavy atom. The third kappa shape index (κ3) is 9.02. The van der Waals surface area contributed by atoms with Crippen molar-refractivity contribution in [1.29, 1.82) is 0 Å². The molecule has 1 aromatic heterocycles. The number of nitrogens with zero attached hydrogens (tertiary/aromatic N) is 3. The van der Waals surface area contributed by atoms with Gasteiger partial charge in [0.1, 0.15) is 24.1 Å². The molecule has 1 aliphatic rings. The van der Waals surface area contributed by atoms with Gasteiger partial charge in [0, 0.05) is 26.3 Å². The number of urea groups is 1. The molecule has 39 heavy (non-hydrogen) atoms. The Morgan fingerprint density at radius 1 is 1.21 bits per heavy atom. The molecule has 212 valence electrons. The summed E-state index contributed by atoms with van der Waals surface area (Å²) < 4.78 is 38.3. The molecule has 1 atom stereocenters. The molecule has 0 spiro atoms. The van der Waals surface area contributed by atoms with Crippen molar-refractivity contribution in [3.05, 3.63) is 71.3 Å². The first kappa shape index (κ1) is 30.0. The first-order valence-electron chi connectivity index (χ1n) is 12.7. The van der Waals surface area contributed by atoms with Crippen LogP contribution in [-0.4, -0.2) is 71.4 Å². The van der Waals surface area contributed by atoms with Crippen molar-refractivity contribution >= 4 is 11.8 Å². The van der Waals surface area contributed by atoms with Crippen LogP contribution in [0.3, 0.4) is 0 Å². The van der Waals surface area contributed by atoms with E-state index in [4.69, 9.17) is 15.2 Å². The zero-order chi connectivity index (χ0) is 28.6.